The average molecular weight is 469 g/mol. The molecule has 0 bridgehead atoms. The predicted octanol–water partition coefficient (Wildman–Crippen LogP) is 6.40. The first-order valence-corrected chi connectivity index (χ1v) is 12.5. The Bertz CT molecular complexity index is 1150. The maximum absolute atomic E-state index is 11.9. The molecule has 0 spiro atoms. The van der Waals surface area contributed by atoms with Crippen LogP contribution in [-0.4, -0.2) is 17.6 Å². The fourth-order valence-electron chi connectivity index (χ4n) is 4.01. The van der Waals surface area contributed by atoms with E-state index in [1.807, 2.05) is 12.1 Å². The highest BCUT2D eigenvalue weighted by Gasteiger charge is 2.12. The molecule has 0 saturated carbocycles. The Morgan fingerprint density at radius 3 is 2.03 bits per heavy atom. The van der Waals surface area contributed by atoms with Gasteiger partial charge in [0, 0.05) is 29.9 Å². The van der Waals surface area contributed by atoms with Crippen LogP contribution in [0.25, 0.3) is 0 Å². The lowest BCUT2D eigenvalue weighted by Crippen LogP contribution is -2.24. The van der Waals surface area contributed by atoms with Gasteiger partial charge in [0.05, 0.1) is 5.56 Å². The number of rotatable bonds is 11. The Labute approximate surface area is 209 Å². The van der Waals surface area contributed by atoms with Crippen LogP contribution >= 0.6 is 0 Å². The van der Waals surface area contributed by atoms with Crippen molar-refractivity contribution in [3.05, 3.63) is 94.5 Å². The second-order valence-corrected chi connectivity index (χ2v) is 8.86. The first-order valence-electron chi connectivity index (χ1n) is 12.5. The summed E-state index contributed by atoms with van der Waals surface area (Å²) in [6.07, 6.45) is 6.67. The van der Waals surface area contributed by atoms with Crippen LogP contribution in [0.15, 0.2) is 66.7 Å². The van der Waals surface area contributed by atoms with Gasteiger partial charge in [-0.2, -0.15) is 0 Å². The molecule has 0 radical (unpaired) electrons. The van der Waals surface area contributed by atoms with Gasteiger partial charge in [0.1, 0.15) is 0 Å². The molecule has 0 atom stereocenters. The molecule has 0 fully saturated rings. The molecular formula is C31H34NO3-. The van der Waals surface area contributed by atoms with Crippen molar-refractivity contribution in [3.63, 3.8) is 0 Å². The van der Waals surface area contributed by atoms with E-state index in [1.165, 1.54) is 24.1 Å². The molecule has 0 amide bonds. The molecule has 35 heavy (non-hydrogen) atoms. The fraction of sp³-hybridized carbons (Fsp3) is 0.323. The van der Waals surface area contributed by atoms with Crippen LogP contribution in [0, 0.1) is 11.8 Å². The van der Waals surface area contributed by atoms with Crippen molar-refractivity contribution in [1.29, 1.82) is 0 Å². The number of hydrogen-bond acceptors (Lipinski definition) is 3. The van der Waals surface area contributed by atoms with E-state index in [4.69, 9.17) is 0 Å². The first kappa shape index (κ1) is 25.9. The summed E-state index contributed by atoms with van der Waals surface area (Å²) in [4.78, 5) is 13.6. The molecular weight excluding hydrogens is 434 g/mol. The average Bonchev–Trinajstić information content (AvgIpc) is 2.86. The lowest BCUT2D eigenvalue weighted by atomic mass is 10.1. The van der Waals surface area contributed by atoms with Gasteiger partial charge < -0.3 is 15.1 Å². The number of carboxylic acid groups (broad SMARTS) is 1. The lowest BCUT2D eigenvalue weighted by Gasteiger charge is -2.26. The quantitative estimate of drug-likeness (QED) is 0.261. The maximum Gasteiger partial charge on any atom is 0.335 e. The Morgan fingerprint density at radius 2 is 1.46 bits per heavy atom. The van der Waals surface area contributed by atoms with Gasteiger partial charge in [0.2, 0.25) is 0 Å². The molecule has 0 aromatic heterocycles. The van der Waals surface area contributed by atoms with E-state index in [1.54, 1.807) is 6.07 Å². The molecule has 0 aliphatic carbocycles. The second-order valence-electron chi connectivity index (χ2n) is 8.86. The van der Waals surface area contributed by atoms with E-state index < -0.39 is 11.7 Å². The molecule has 4 nitrogen and oxygen atoms in total. The number of aromatic carboxylic acids is 1. The Hall–Kier alpha value is -3.71. The van der Waals surface area contributed by atoms with Crippen molar-refractivity contribution in [1.82, 2.24) is 0 Å². The Balaban J connectivity index is 1.73. The molecule has 0 aliphatic rings. The first-order chi connectivity index (χ1) is 17.0. The van der Waals surface area contributed by atoms with Gasteiger partial charge in [-0.05, 0) is 60.4 Å². The number of hydrogen-bond donors (Lipinski definition) is 1. The summed E-state index contributed by atoms with van der Waals surface area (Å²) in [7, 11) is 0. The highest BCUT2D eigenvalue weighted by Crippen LogP contribution is 2.25. The minimum Gasteiger partial charge on any atom is -0.872 e. The molecule has 182 valence electrons. The zero-order valence-corrected chi connectivity index (χ0v) is 20.7. The van der Waals surface area contributed by atoms with Gasteiger partial charge in [-0.3, -0.25) is 0 Å². The van der Waals surface area contributed by atoms with E-state index in [2.05, 4.69) is 67.0 Å². The largest absolute Gasteiger partial charge is 0.872 e. The zero-order valence-electron chi connectivity index (χ0n) is 20.7. The van der Waals surface area contributed by atoms with E-state index in [0.29, 0.717) is 6.54 Å². The number of carbonyl (C=O) groups is 1. The van der Waals surface area contributed by atoms with Crippen LogP contribution in [0.1, 0.15) is 78.6 Å². The van der Waals surface area contributed by atoms with Crippen LogP contribution in [0.2, 0.25) is 0 Å². The van der Waals surface area contributed by atoms with E-state index in [0.717, 1.165) is 61.0 Å². The molecule has 3 aromatic carbocycles. The molecule has 0 heterocycles. The second kappa shape index (κ2) is 13.2. The van der Waals surface area contributed by atoms with Crippen molar-refractivity contribution >= 4 is 11.7 Å². The van der Waals surface area contributed by atoms with Gasteiger partial charge in [0.25, 0.3) is 0 Å². The van der Waals surface area contributed by atoms with E-state index in [-0.39, 0.29) is 5.56 Å². The molecule has 4 heteroatoms. The van der Waals surface area contributed by atoms with Crippen LogP contribution < -0.4 is 10.0 Å². The molecule has 3 rings (SSSR count). The highest BCUT2D eigenvalue weighted by molar-refractivity contribution is 5.91. The highest BCUT2D eigenvalue weighted by atomic mass is 16.4. The summed E-state index contributed by atoms with van der Waals surface area (Å²) in [5.74, 6) is 4.82. The minimum atomic E-state index is -1.19. The third-order valence-corrected chi connectivity index (χ3v) is 6.01. The van der Waals surface area contributed by atoms with E-state index in [9.17, 15) is 15.0 Å². The Morgan fingerprint density at radius 1 is 0.829 bits per heavy atom. The molecule has 0 aliphatic heterocycles. The molecule has 0 unspecified atom stereocenters. The number of anilines is 1. The summed E-state index contributed by atoms with van der Waals surface area (Å²) in [5.41, 5.74) is 4.97. The van der Waals surface area contributed by atoms with Crippen LogP contribution in [0.5, 0.6) is 5.75 Å². The predicted molar refractivity (Wildman–Crippen MR) is 141 cm³/mol. The Kier molecular flexibility index (Phi) is 9.80. The van der Waals surface area contributed by atoms with Gasteiger partial charge >= 0.3 is 5.97 Å². The van der Waals surface area contributed by atoms with Gasteiger partial charge in [-0.1, -0.05) is 87.5 Å². The summed E-state index contributed by atoms with van der Waals surface area (Å²) < 4.78 is 0. The van der Waals surface area contributed by atoms with Gasteiger partial charge in [-0.15, -0.1) is 0 Å². The number of benzene rings is 3. The fourth-order valence-corrected chi connectivity index (χ4v) is 4.01. The van der Waals surface area contributed by atoms with Crippen LogP contribution in [0.4, 0.5) is 5.69 Å². The number of unbranched alkanes of at least 4 members (excludes halogenated alkanes) is 3. The monoisotopic (exact) mass is 468 g/mol. The number of carboxylic acids is 1. The molecule has 1 N–H and O–H groups in total. The normalized spacial score (nSPS) is 10.5. The summed E-state index contributed by atoms with van der Waals surface area (Å²) >= 11 is 0. The van der Waals surface area contributed by atoms with Crippen molar-refractivity contribution in [2.75, 3.05) is 11.4 Å². The van der Waals surface area contributed by atoms with Crippen LogP contribution in [0.3, 0.4) is 0 Å². The van der Waals surface area contributed by atoms with E-state index >= 15 is 0 Å². The molecule has 3 aromatic rings. The zero-order chi connectivity index (χ0) is 25.0. The summed E-state index contributed by atoms with van der Waals surface area (Å²) in [5, 5.41) is 21.3. The topological polar surface area (TPSA) is 63.6 Å². The number of aryl methyl sites for hydroxylation is 1. The SMILES string of the molecule is CCCCCCN(Cc1ccc(C#Cc2ccc(CCC)cc2)cc1)c1ccc([O-])c(C(=O)O)c1. The lowest BCUT2D eigenvalue weighted by molar-refractivity contribution is -0.268. The minimum absolute atomic E-state index is 0.186. The van der Waals surface area contributed by atoms with Gasteiger partial charge in [0.15, 0.2) is 0 Å². The third-order valence-electron chi connectivity index (χ3n) is 6.01. The molecule has 0 saturated heterocycles. The van der Waals surface area contributed by atoms with Crippen molar-refractivity contribution in [2.45, 2.75) is 58.9 Å². The van der Waals surface area contributed by atoms with Gasteiger partial charge in [-0.25, -0.2) is 4.79 Å². The van der Waals surface area contributed by atoms with Crippen molar-refractivity contribution in [3.8, 4) is 17.6 Å². The smallest absolute Gasteiger partial charge is 0.335 e. The van der Waals surface area contributed by atoms with Crippen molar-refractivity contribution < 1.29 is 15.0 Å². The maximum atomic E-state index is 11.9. The third kappa shape index (κ3) is 7.93. The number of nitrogens with zero attached hydrogens (tertiary/aromatic N) is 1. The summed E-state index contributed by atoms with van der Waals surface area (Å²) in [6, 6.07) is 21.2. The summed E-state index contributed by atoms with van der Waals surface area (Å²) in [6.45, 7) is 5.79. The van der Waals surface area contributed by atoms with Crippen molar-refractivity contribution in [2.24, 2.45) is 0 Å². The van der Waals surface area contributed by atoms with Crippen LogP contribution in [-0.2, 0) is 13.0 Å². The standard InChI is InChI=1S/C31H35NO3/c1-3-5-6-7-21-32(28-19-20-30(33)29(22-28)31(34)35)23-27-17-15-26(16-18-27)14-13-25-11-9-24(8-4-2)10-12-25/h9-12,15-20,22,33H,3-8,21,23H2,1-2H3,(H,34,35)/p-1.